The highest BCUT2D eigenvalue weighted by molar-refractivity contribution is 7.80. The van der Waals surface area contributed by atoms with Gasteiger partial charge in [0.05, 0.1) is 11.3 Å². The van der Waals surface area contributed by atoms with Gasteiger partial charge in [0.2, 0.25) is 0 Å². The van der Waals surface area contributed by atoms with Gasteiger partial charge in [0.15, 0.2) is 10.9 Å². The molecular weight excluding hydrogens is 289 g/mol. The summed E-state index contributed by atoms with van der Waals surface area (Å²) in [6.45, 7) is 0.369. The molecule has 0 saturated heterocycles. The molecule has 0 atom stereocenters. The summed E-state index contributed by atoms with van der Waals surface area (Å²) in [6, 6.07) is 4.64. The standard InChI is InChI=1S/C12H11ClFN3OS/c13-8-1-2-11(16-7-8)17(12(15)19)5-3-10-9(14)4-6-18-10/h1-2,4,6-7H,3,5H2,(H2,15,19). The average Bonchev–Trinajstić information content (AvgIpc) is 2.77. The molecule has 0 unspecified atom stereocenters. The van der Waals surface area contributed by atoms with Crippen molar-refractivity contribution >= 4 is 34.7 Å². The van der Waals surface area contributed by atoms with Crippen LogP contribution in [0.4, 0.5) is 10.2 Å². The van der Waals surface area contributed by atoms with E-state index in [1.807, 2.05) is 0 Å². The molecule has 0 bridgehead atoms. The van der Waals surface area contributed by atoms with E-state index in [-0.39, 0.29) is 16.7 Å². The molecule has 0 amide bonds. The molecule has 2 rings (SSSR count). The second-order valence-corrected chi connectivity index (χ2v) is 4.62. The Labute approximate surface area is 120 Å². The first-order chi connectivity index (χ1) is 9.08. The van der Waals surface area contributed by atoms with Crippen molar-refractivity contribution in [2.24, 2.45) is 5.73 Å². The molecule has 2 aromatic heterocycles. The van der Waals surface area contributed by atoms with Gasteiger partial charge in [-0.25, -0.2) is 9.37 Å². The predicted molar refractivity (Wildman–Crippen MR) is 75.7 cm³/mol. The Bertz CT molecular complexity index is 573. The van der Waals surface area contributed by atoms with E-state index in [9.17, 15) is 4.39 Å². The van der Waals surface area contributed by atoms with Gasteiger partial charge >= 0.3 is 0 Å². The van der Waals surface area contributed by atoms with Crippen molar-refractivity contribution in [2.45, 2.75) is 6.42 Å². The summed E-state index contributed by atoms with van der Waals surface area (Å²) in [5, 5.41) is 0.672. The van der Waals surface area contributed by atoms with Crippen LogP contribution in [0.3, 0.4) is 0 Å². The number of rotatable bonds is 4. The lowest BCUT2D eigenvalue weighted by atomic mass is 10.3. The number of hydrogen-bond acceptors (Lipinski definition) is 3. The molecule has 2 aromatic rings. The highest BCUT2D eigenvalue weighted by atomic mass is 35.5. The highest BCUT2D eigenvalue weighted by Gasteiger charge is 2.13. The summed E-state index contributed by atoms with van der Waals surface area (Å²) >= 11 is 10.7. The maximum atomic E-state index is 13.2. The van der Waals surface area contributed by atoms with Gasteiger partial charge in [0.25, 0.3) is 0 Å². The Hall–Kier alpha value is -1.66. The SMILES string of the molecule is NC(=S)N(CCc1occc1F)c1ccc(Cl)cn1. The van der Waals surface area contributed by atoms with E-state index in [0.29, 0.717) is 23.8 Å². The quantitative estimate of drug-likeness (QED) is 0.880. The molecule has 0 aliphatic carbocycles. The van der Waals surface area contributed by atoms with Crippen LogP contribution >= 0.6 is 23.8 Å². The predicted octanol–water partition coefficient (Wildman–Crippen LogP) is 2.76. The van der Waals surface area contributed by atoms with Crippen LogP contribution in [0.25, 0.3) is 0 Å². The van der Waals surface area contributed by atoms with E-state index in [4.69, 9.17) is 34.0 Å². The van der Waals surface area contributed by atoms with Gasteiger partial charge in [-0.1, -0.05) is 11.6 Å². The van der Waals surface area contributed by atoms with Crippen LogP contribution in [0.2, 0.25) is 5.02 Å². The van der Waals surface area contributed by atoms with Crippen LogP contribution < -0.4 is 10.6 Å². The van der Waals surface area contributed by atoms with Gasteiger partial charge in [0, 0.05) is 25.2 Å². The fourth-order valence-corrected chi connectivity index (χ4v) is 1.88. The first-order valence-electron chi connectivity index (χ1n) is 5.48. The fourth-order valence-electron chi connectivity index (χ4n) is 1.58. The van der Waals surface area contributed by atoms with Crippen molar-refractivity contribution in [3.63, 3.8) is 0 Å². The molecule has 19 heavy (non-hydrogen) atoms. The van der Waals surface area contributed by atoms with Crippen LogP contribution in [0.1, 0.15) is 5.76 Å². The van der Waals surface area contributed by atoms with Gasteiger partial charge in [0.1, 0.15) is 11.6 Å². The molecule has 4 nitrogen and oxygen atoms in total. The first-order valence-corrected chi connectivity index (χ1v) is 6.27. The van der Waals surface area contributed by atoms with Gasteiger partial charge in [-0.05, 0) is 24.4 Å². The molecule has 7 heteroatoms. The molecule has 0 aliphatic heterocycles. The minimum atomic E-state index is -0.382. The second-order valence-electron chi connectivity index (χ2n) is 3.77. The zero-order valence-electron chi connectivity index (χ0n) is 9.85. The van der Waals surface area contributed by atoms with Crippen molar-refractivity contribution < 1.29 is 8.81 Å². The number of thiocarbonyl (C=S) groups is 1. The van der Waals surface area contributed by atoms with Crippen LogP contribution in [0.5, 0.6) is 0 Å². The minimum Gasteiger partial charge on any atom is -0.466 e. The second kappa shape index (κ2) is 5.99. The Morgan fingerprint density at radius 3 is 2.79 bits per heavy atom. The average molecular weight is 300 g/mol. The third-order valence-electron chi connectivity index (χ3n) is 2.51. The van der Waals surface area contributed by atoms with Crippen molar-refractivity contribution in [3.05, 3.63) is 47.3 Å². The maximum Gasteiger partial charge on any atom is 0.171 e. The van der Waals surface area contributed by atoms with Crippen molar-refractivity contribution in [1.82, 2.24) is 4.98 Å². The Balaban J connectivity index is 2.11. The third-order valence-corrected chi connectivity index (χ3v) is 2.95. The van der Waals surface area contributed by atoms with Crippen molar-refractivity contribution in [1.29, 1.82) is 0 Å². The van der Waals surface area contributed by atoms with Gasteiger partial charge < -0.3 is 15.1 Å². The van der Waals surface area contributed by atoms with Crippen LogP contribution in [0.15, 0.2) is 35.1 Å². The molecule has 0 aromatic carbocycles. The summed E-state index contributed by atoms with van der Waals surface area (Å²) in [5.74, 6) is 0.436. The van der Waals surface area contributed by atoms with E-state index < -0.39 is 0 Å². The monoisotopic (exact) mass is 299 g/mol. The molecule has 0 radical (unpaired) electrons. The van der Waals surface area contributed by atoms with Crippen molar-refractivity contribution in [3.8, 4) is 0 Å². The van der Waals surface area contributed by atoms with E-state index in [0.717, 1.165) is 0 Å². The molecule has 0 spiro atoms. The minimum absolute atomic E-state index is 0.154. The highest BCUT2D eigenvalue weighted by Crippen LogP contribution is 2.16. The topological polar surface area (TPSA) is 55.3 Å². The molecule has 2 N–H and O–H groups in total. The van der Waals surface area contributed by atoms with Crippen LogP contribution in [-0.4, -0.2) is 16.6 Å². The van der Waals surface area contributed by atoms with Crippen molar-refractivity contribution in [2.75, 3.05) is 11.4 Å². The molecule has 0 aliphatic rings. The summed E-state index contributed by atoms with van der Waals surface area (Å²) in [4.78, 5) is 5.72. The summed E-state index contributed by atoms with van der Waals surface area (Å²) in [7, 11) is 0. The Morgan fingerprint density at radius 2 is 2.26 bits per heavy atom. The first kappa shape index (κ1) is 13.8. The smallest absolute Gasteiger partial charge is 0.171 e. The normalized spacial score (nSPS) is 10.4. The number of anilines is 1. The van der Waals surface area contributed by atoms with Crippen LogP contribution in [-0.2, 0) is 6.42 Å². The zero-order valence-corrected chi connectivity index (χ0v) is 11.4. The van der Waals surface area contributed by atoms with Gasteiger partial charge in [-0.3, -0.25) is 0 Å². The van der Waals surface area contributed by atoms with E-state index >= 15 is 0 Å². The Kier molecular flexibility index (Phi) is 4.34. The van der Waals surface area contributed by atoms with Crippen LogP contribution in [0, 0.1) is 5.82 Å². The number of furan rings is 1. The molecule has 0 fully saturated rings. The molecular formula is C12H11ClFN3OS. The number of halogens is 2. The molecule has 0 saturated carbocycles. The fraction of sp³-hybridized carbons (Fsp3) is 0.167. The van der Waals surface area contributed by atoms with E-state index in [1.54, 1.807) is 17.0 Å². The summed E-state index contributed by atoms with van der Waals surface area (Å²) in [5.41, 5.74) is 5.64. The number of pyridine rings is 1. The van der Waals surface area contributed by atoms with E-state index in [2.05, 4.69) is 4.98 Å². The van der Waals surface area contributed by atoms with Gasteiger partial charge in [-0.2, -0.15) is 0 Å². The zero-order chi connectivity index (χ0) is 13.8. The van der Waals surface area contributed by atoms with Gasteiger partial charge in [-0.15, -0.1) is 0 Å². The number of nitrogens with zero attached hydrogens (tertiary/aromatic N) is 2. The lowest BCUT2D eigenvalue weighted by Gasteiger charge is -2.21. The largest absolute Gasteiger partial charge is 0.466 e. The summed E-state index contributed by atoms with van der Waals surface area (Å²) < 4.78 is 18.3. The Morgan fingerprint density at radius 1 is 1.47 bits per heavy atom. The summed E-state index contributed by atoms with van der Waals surface area (Å²) in [6.07, 6.45) is 3.13. The number of nitrogens with two attached hydrogens (primary N) is 1. The lowest BCUT2D eigenvalue weighted by Crippen LogP contribution is -2.37. The lowest BCUT2D eigenvalue weighted by molar-refractivity contribution is 0.474. The maximum absolute atomic E-state index is 13.2. The third kappa shape index (κ3) is 3.42. The number of hydrogen-bond donors (Lipinski definition) is 1. The number of aromatic nitrogens is 1. The van der Waals surface area contributed by atoms with E-state index in [1.165, 1.54) is 18.5 Å². The molecule has 100 valence electrons. The molecule has 2 heterocycles.